The van der Waals surface area contributed by atoms with Crippen LogP contribution in [0.5, 0.6) is 0 Å². The highest BCUT2D eigenvalue weighted by molar-refractivity contribution is 6.42. The topological polar surface area (TPSA) is 128 Å². The van der Waals surface area contributed by atoms with Gasteiger partial charge in [0.2, 0.25) is 5.91 Å². The zero-order valence-electron chi connectivity index (χ0n) is 19.8. The molecule has 1 atom stereocenters. The zero-order valence-corrected chi connectivity index (χ0v) is 21.3. The van der Waals surface area contributed by atoms with Crippen molar-refractivity contribution in [2.75, 3.05) is 46.4 Å². The van der Waals surface area contributed by atoms with E-state index in [1.807, 2.05) is 11.0 Å². The summed E-state index contributed by atoms with van der Waals surface area (Å²) in [5, 5.41) is 16.5. The number of ether oxygens (including phenoxy) is 1. The first-order valence-electron chi connectivity index (χ1n) is 11.2. The van der Waals surface area contributed by atoms with E-state index in [2.05, 4.69) is 17.1 Å². The van der Waals surface area contributed by atoms with Crippen molar-refractivity contribution in [3.63, 3.8) is 0 Å². The molecule has 0 aromatic heterocycles. The number of halogens is 2. The first-order chi connectivity index (χ1) is 17.1. The monoisotopic (exact) mass is 541 g/mol. The Morgan fingerprint density at radius 1 is 1.03 bits per heavy atom. The predicted octanol–water partition coefficient (Wildman–Crippen LogP) is 2.79. The molecule has 10 nitrogen and oxygen atoms in total. The van der Waals surface area contributed by atoms with E-state index in [1.54, 1.807) is 17.0 Å². The first kappa shape index (κ1) is 29.2. The van der Waals surface area contributed by atoms with Gasteiger partial charge in [0.1, 0.15) is 0 Å². The summed E-state index contributed by atoms with van der Waals surface area (Å²) in [6.45, 7) is 3.98. The highest BCUT2D eigenvalue weighted by atomic mass is 35.5. The molecule has 0 spiro atoms. The van der Waals surface area contributed by atoms with Gasteiger partial charge in [0.05, 0.1) is 29.6 Å². The van der Waals surface area contributed by atoms with Crippen LogP contribution in [0.25, 0.3) is 0 Å². The molecule has 2 aliphatic rings. The molecular weight excluding hydrogens is 513 g/mol. The molecule has 0 bridgehead atoms. The number of piperazine rings is 1. The van der Waals surface area contributed by atoms with E-state index in [4.69, 9.17) is 38.2 Å². The molecule has 2 N–H and O–H groups in total. The molecule has 2 amide bonds. The number of carbonyl (C=O) groups excluding carboxylic acids is 2. The number of aliphatic carboxylic acids is 2. The SMILES string of the molecule is COC(=O)N1CCN(C(=O)Cc2ccc(Cl)c(Cl)c2)C(CN2CC=CCC2)C1.O=C(O)/C=C/C(=O)O. The molecule has 1 unspecified atom stereocenters. The number of amides is 2. The highest BCUT2D eigenvalue weighted by Crippen LogP contribution is 2.23. The molecule has 1 fully saturated rings. The lowest BCUT2D eigenvalue weighted by molar-refractivity contribution is -0.135. The quantitative estimate of drug-likeness (QED) is 0.415. The van der Waals surface area contributed by atoms with Gasteiger partial charge >= 0.3 is 18.0 Å². The van der Waals surface area contributed by atoms with Crippen molar-refractivity contribution < 1.29 is 34.1 Å². The lowest BCUT2D eigenvalue weighted by Gasteiger charge is -2.43. The summed E-state index contributed by atoms with van der Waals surface area (Å²) >= 11 is 12.1. The van der Waals surface area contributed by atoms with Gasteiger partial charge in [0.25, 0.3) is 0 Å². The van der Waals surface area contributed by atoms with Gasteiger partial charge in [-0.3, -0.25) is 9.69 Å². The third-order valence-corrected chi connectivity index (χ3v) is 6.29. The fraction of sp³-hybridized carbons (Fsp3) is 0.417. The Morgan fingerprint density at radius 3 is 2.28 bits per heavy atom. The van der Waals surface area contributed by atoms with Gasteiger partial charge in [-0.1, -0.05) is 41.4 Å². The molecule has 1 aromatic rings. The minimum Gasteiger partial charge on any atom is -0.478 e. The van der Waals surface area contributed by atoms with Gasteiger partial charge in [-0.2, -0.15) is 0 Å². The van der Waals surface area contributed by atoms with E-state index in [1.165, 1.54) is 7.11 Å². The van der Waals surface area contributed by atoms with Crippen molar-refractivity contribution in [2.24, 2.45) is 0 Å². The van der Waals surface area contributed by atoms with Crippen LogP contribution in [0.15, 0.2) is 42.5 Å². The molecule has 1 saturated heterocycles. The Morgan fingerprint density at radius 2 is 1.72 bits per heavy atom. The Balaban J connectivity index is 0.000000493. The predicted molar refractivity (Wildman–Crippen MR) is 134 cm³/mol. The fourth-order valence-electron chi connectivity index (χ4n) is 3.86. The molecule has 0 saturated carbocycles. The molecule has 0 radical (unpaired) electrons. The number of carboxylic acids is 2. The van der Waals surface area contributed by atoms with Crippen LogP contribution in [0.4, 0.5) is 4.79 Å². The van der Waals surface area contributed by atoms with Crippen molar-refractivity contribution in [1.82, 2.24) is 14.7 Å². The van der Waals surface area contributed by atoms with Crippen LogP contribution in [0.3, 0.4) is 0 Å². The first-order valence-corrected chi connectivity index (χ1v) is 11.9. The van der Waals surface area contributed by atoms with E-state index in [9.17, 15) is 19.2 Å². The van der Waals surface area contributed by atoms with E-state index in [0.29, 0.717) is 41.8 Å². The minimum atomic E-state index is -1.26. The molecule has 3 rings (SSSR count). The smallest absolute Gasteiger partial charge is 0.409 e. The molecule has 12 heteroatoms. The second-order valence-electron chi connectivity index (χ2n) is 8.11. The van der Waals surface area contributed by atoms with Gasteiger partial charge in [0, 0.05) is 51.4 Å². The van der Waals surface area contributed by atoms with Gasteiger partial charge in [-0.15, -0.1) is 0 Å². The van der Waals surface area contributed by atoms with Gasteiger partial charge in [-0.05, 0) is 24.1 Å². The van der Waals surface area contributed by atoms with Crippen LogP contribution in [-0.2, 0) is 25.5 Å². The van der Waals surface area contributed by atoms with Crippen molar-refractivity contribution >= 4 is 47.1 Å². The third kappa shape index (κ3) is 9.52. The number of rotatable bonds is 6. The van der Waals surface area contributed by atoms with Crippen LogP contribution in [0.1, 0.15) is 12.0 Å². The lowest BCUT2D eigenvalue weighted by atomic mass is 10.1. The van der Waals surface area contributed by atoms with Crippen LogP contribution in [0, 0.1) is 0 Å². The molecule has 1 aromatic carbocycles. The summed E-state index contributed by atoms with van der Waals surface area (Å²) in [6, 6.07) is 5.19. The number of carbonyl (C=O) groups is 4. The Labute approximate surface area is 219 Å². The van der Waals surface area contributed by atoms with Crippen LogP contribution in [-0.4, -0.2) is 101 Å². The van der Waals surface area contributed by atoms with E-state index in [0.717, 1.165) is 31.6 Å². The van der Waals surface area contributed by atoms with Gasteiger partial charge in [0.15, 0.2) is 0 Å². The lowest BCUT2D eigenvalue weighted by Crippen LogP contribution is -2.60. The summed E-state index contributed by atoms with van der Waals surface area (Å²) in [7, 11) is 1.38. The number of hydrogen-bond acceptors (Lipinski definition) is 6. The van der Waals surface area contributed by atoms with E-state index in [-0.39, 0.29) is 24.5 Å². The fourth-order valence-corrected chi connectivity index (χ4v) is 4.18. The number of methoxy groups -OCH3 is 1. The maximum Gasteiger partial charge on any atom is 0.409 e. The normalized spacial score (nSPS) is 17.9. The largest absolute Gasteiger partial charge is 0.478 e. The number of benzene rings is 1. The Bertz CT molecular complexity index is 999. The van der Waals surface area contributed by atoms with E-state index >= 15 is 0 Å². The second-order valence-corrected chi connectivity index (χ2v) is 8.93. The summed E-state index contributed by atoms with van der Waals surface area (Å²) < 4.78 is 4.88. The molecule has 36 heavy (non-hydrogen) atoms. The molecule has 2 heterocycles. The molecule has 0 aliphatic carbocycles. The maximum atomic E-state index is 13.0. The summed E-state index contributed by atoms with van der Waals surface area (Å²) in [6.07, 6.45) is 6.35. The Kier molecular flexibility index (Phi) is 11.7. The van der Waals surface area contributed by atoms with Crippen molar-refractivity contribution in [1.29, 1.82) is 0 Å². The van der Waals surface area contributed by atoms with E-state index < -0.39 is 11.9 Å². The summed E-state index contributed by atoms with van der Waals surface area (Å²) in [4.78, 5) is 50.0. The average molecular weight is 542 g/mol. The highest BCUT2D eigenvalue weighted by Gasteiger charge is 2.34. The van der Waals surface area contributed by atoms with Crippen molar-refractivity contribution in [3.8, 4) is 0 Å². The molecule has 196 valence electrons. The standard InChI is InChI=1S/C20H25Cl2N3O3.C4H4O4/c1-28-20(27)24-9-10-25(16(14-24)13-23-7-3-2-4-8-23)19(26)12-15-5-6-17(21)18(22)11-15;5-3(6)1-2-4(7)8/h2-3,5-6,11,16H,4,7-10,12-14H2,1H3;1-2H,(H,5,6)(H,7,8)/b;2-1+. The summed E-state index contributed by atoms with van der Waals surface area (Å²) in [5.74, 6) is -2.49. The Hall–Kier alpha value is -3.08. The average Bonchev–Trinajstić information content (AvgIpc) is 2.85. The van der Waals surface area contributed by atoms with Crippen molar-refractivity contribution in [2.45, 2.75) is 18.9 Å². The van der Waals surface area contributed by atoms with Crippen molar-refractivity contribution in [3.05, 3.63) is 58.1 Å². The summed E-state index contributed by atoms with van der Waals surface area (Å²) in [5.41, 5.74) is 0.828. The number of carboxylic acid groups (broad SMARTS) is 2. The second kappa shape index (κ2) is 14.5. The maximum absolute atomic E-state index is 13.0. The van der Waals surface area contributed by atoms with Gasteiger partial charge < -0.3 is 24.7 Å². The molecular formula is C24H29Cl2N3O7. The van der Waals surface area contributed by atoms with Crippen LogP contribution < -0.4 is 0 Å². The third-order valence-electron chi connectivity index (χ3n) is 5.55. The van der Waals surface area contributed by atoms with Crippen LogP contribution in [0.2, 0.25) is 10.0 Å². The van der Waals surface area contributed by atoms with Gasteiger partial charge in [-0.25, -0.2) is 14.4 Å². The minimum absolute atomic E-state index is 0.0282. The molecule has 2 aliphatic heterocycles. The number of hydrogen-bond donors (Lipinski definition) is 2. The zero-order chi connectivity index (χ0) is 26.7. The van der Waals surface area contributed by atoms with Crippen LogP contribution >= 0.6 is 23.2 Å². The number of nitrogens with zero attached hydrogens (tertiary/aromatic N) is 3.